The summed E-state index contributed by atoms with van der Waals surface area (Å²) in [5.74, 6) is 0.136. The van der Waals surface area contributed by atoms with Gasteiger partial charge in [-0.05, 0) is 26.0 Å². The second-order valence-electron chi connectivity index (χ2n) is 6.02. The number of hydrogen-bond donors (Lipinski definition) is 1. The molecule has 0 saturated heterocycles. The lowest BCUT2D eigenvalue weighted by molar-refractivity contribution is 0.427. The molecule has 2 heterocycles. The molecule has 0 spiro atoms. The largest absolute Gasteiger partial charge is 0.493 e. The van der Waals surface area contributed by atoms with Crippen LogP contribution in [0.15, 0.2) is 64.1 Å². The van der Waals surface area contributed by atoms with Crippen LogP contribution >= 0.6 is 11.3 Å². The highest BCUT2D eigenvalue weighted by Gasteiger charge is 2.16. The average molecular weight is 362 g/mol. The van der Waals surface area contributed by atoms with Gasteiger partial charge >= 0.3 is 0 Å². The number of azo groups is 1. The van der Waals surface area contributed by atoms with E-state index in [1.165, 1.54) is 11.3 Å². The molecule has 0 radical (unpaired) electrons. The van der Waals surface area contributed by atoms with Gasteiger partial charge in [0.25, 0.3) is 0 Å². The average Bonchev–Trinajstić information content (AvgIpc) is 3.23. The SMILES string of the molecule is CCn1c(O)c(N=Nc2nc(-c3ccccc3)cs2)c2cc(C)ccc21. The van der Waals surface area contributed by atoms with Crippen molar-refractivity contribution in [3.63, 3.8) is 0 Å². The first-order chi connectivity index (χ1) is 12.7. The van der Waals surface area contributed by atoms with Crippen molar-refractivity contribution in [1.29, 1.82) is 0 Å². The van der Waals surface area contributed by atoms with Gasteiger partial charge in [-0.25, -0.2) is 4.98 Å². The number of nitrogens with zero attached hydrogens (tertiary/aromatic N) is 4. The molecule has 4 rings (SSSR count). The highest BCUT2D eigenvalue weighted by molar-refractivity contribution is 7.13. The van der Waals surface area contributed by atoms with Gasteiger partial charge in [0, 0.05) is 22.9 Å². The molecule has 130 valence electrons. The summed E-state index contributed by atoms with van der Waals surface area (Å²) in [6, 6.07) is 16.0. The van der Waals surface area contributed by atoms with Crippen LogP contribution in [0.25, 0.3) is 22.2 Å². The molecular weight excluding hydrogens is 344 g/mol. The topological polar surface area (TPSA) is 62.8 Å². The minimum Gasteiger partial charge on any atom is -0.493 e. The zero-order chi connectivity index (χ0) is 18.1. The molecule has 0 aliphatic carbocycles. The molecule has 0 fully saturated rings. The minimum absolute atomic E-state index is 0.136. The van der Waals surface area contributed by atoms with Crippen LogP contribution in [0.4, 0.5) is 10.8 Å². The number of fused-ring (bicyclic) bond motifs is 1. The van der Waals surface area contributed by atoms with Gasteiger partial charge in [-0.15, -0.1) is 21.6 Å². The van der Waals surface area contributed by atoms with Gasteiger partial charge in [-0.3, -0.25) is 0 Å². The molecule has 26 heavy (non-hydrogen) atoms. The maximum Gasteiger partial charge on any atom is 0.230 e. The Bertz CT molecular complexity index is 1100. The van der Waals surface area contributed by atoms with E-state index in [1.807, 2.05) is 72.3 Å². The maximum absolute atomic E-state index is 10.6. The number of aromatic hydroxyl groups is 1. The fourth-order valence-corrected chi connectivity index (χ4v) is 3.65. The number of benzene rings is 2. The third kappa shape index (κ3) is 2.88. The van der Waals surface area contributed by atoms with Crippen molar-refractivity contribution in [3.8, 4) is 17.1 Å². The first-order valence-corrected chi connectivity index (χ1v) is 9.30. The Hall–Kier alpha value is -2.99. The van der Waals surface area contributed by atoms with Gasteiger partial charge in [0.1, 0.15) is 0 Å². The Balaban J connectivity index is 1.73. The van der Waals surface area contributed by atoms with Gasteiger partial charge in [0.05, 0.1) is 11.2 Å². The molecule has 1 N–H and O–H groups in total. The summed E-state index contributed by atoms with van der Waals surface area (Å²) >= 11 is 1.43. The van der Waals surface area contributed by atoms with Crippen molar-refractivity contribution in [3.05, 3.63) is 59.5 Å². The first kappa shape index (κ1) is 16.5. The number of aryl methyl sites for hydroxylation is 2. The Morgan fingerprint density at radius 1 is 1.12 bits per heavy atom. The lowest BCUT2D eigenvalue weighted by Crippen LogP contribution is -1.91. The van der Waals surface area contributed by atoms with Gasteiger partial charge in [0.2, 0.25) is 11.0 Å². The van der Waals surface area contributed by atoms with Crippen LogP contribution < -0.4 is 0 Å². The zero-order valence-corrected chi connectivity index (χ0v) is 15.4. The number of hydrogen-bond acceptors (Lipinski definition) is 5. The summed E-state index contributed by atoms with van der Waals surface area (Å²) in [4.78, 5) is 4.52. The highest BCUT2D eigenvalue weighted by Crippen LogP contribution is 2.40. The van der Waals surface area contributed by atoms with Crippen LogP contribution in [-0.2, 0) is 6.54 Å². The lowest BCUT2D eigenvalue weighted by Gasteiger charge is -2.01. The molecule has 0 aliphatic rings. The molecule has 0 saturated carbocycles. The van der Waals surface area contributed by atoms with E-state index >= 15 is 0 Å². The summed E-state index contributed by atoms with van der Waals surface area (Å²) in [7, 11) is 0. The normalized spacial score (nSPS) is 11.6. The van der Waals surface area contributed by atoms with Crippen molar-refractivity contribution in [1.82, 2.24) is 9.55 Å². The standard InChI is InChI=1S/C20H18N4OS/c1-3-24-17-10-9-13(2)11-15(17)18(19(24)25)22-23-20-21-16(12-26-20)14-7-5-4-6-8-14/h4-12,25H,3H2,1-2H3. The summed E-state index contributed by atoms with van der Waals surface area (Å²) in [6.45, 7) is 4.68. The second-order valence-corrected chi connectivity index (χ2v) is 6.85. The van der Waals surface area contributed by atoms with Crippen LogP contribution in [0, 0.1) is 6.92 Å². The maximum atomic E-state index is 10.6. The zero-order valence-electron chi connectivity index (χ0n) is 14.5. The highest BCUT2D eigenvalue weighted by atomic mass is 32.1. The van der Waals surface area contributed by atoms with Crippen molar-refractivity contribution in [2.24, 2.45) is 10.2 Å². The van der Waals surface area contributed by atoms with Gasteiger partial charge < -0.3 is 9.67 Å². The number of thiazole rings is 1. The Morgan fingerprint density at radius 3 is 2.69 bits per heavy atom. The van der Waals surface area contributed by atoms with Crippen LogP contribution in [0.3, 0.4) is 0 Å². The molecule has 0 aliphatic heterocycles. The summed E-state index contributed by atoms with van der Waals surface area (Å²) < 4.78 is 1.83. The minimum atomic E-state index is 0.136. The molecule has 6 heteroatoms. The summed E-state index contributed by atoms with van der Waals surface area (Å²) in [5, 5.41) is 22.6. The number of aromatic nitrogens is 2. The molecule has 0 atom stereocenters. The predicted molar refractivity (Wildman–Crippen MR) is 106 cm³/mol. The van der Waals surface area contributed by atoms with E-state index in [1.54, 1.807) is 0 Å². The fraction of sp³-hybridized carbons (Fsp3) is 0.150. The van der Waals surface area contributed by atoms with Crippen LogP contribution in [0.1, 0.15) is 12.5 Å². The molecular formula is C20H18N4OS. The molecule has 0 unspecified atom stereocenters. The van der Waals surface area contributed by atoms with Crippen LogP contribution in [0.5, 0.6) is 5.88 Å². The molecule has 2 aromatic heterocycles. The monoisotopic (exact) mass is 362 g/mol. The third-order valence-electron chi connectivity index (χ3n) is 4.28. The predicted octanol–water partition coefficient (Wildman–Crippen LogP) is 6.21. The second kappa shape index (κ2) is 6.72. The summed E-state index contributed by atoms with van der Waals surface area (Å²) in [6.07, 6.45) is 0. The lowest BCUT2D eigenvalue weighted by atomic mass is 10.1. The molecule has 5 nitrogen and oxygen atoms in total. The van der Waals surface area contributed by atoms with Crippen LogP contribution in [-0.4, -0.2) is 14.7 Å². The fourth-order valence-electron chi connectivity index (χ4n) is 3.00. The van der Waals surface area contributed by atoms with Crippen molar-refractivity contribution in [2.45, 2.75) is 20.4 Å². The Labute approximate surface area is 155 Å². The van der Waals surface area contributed by atoms with Crippen molar-refractivity contribution < 1.29 is 5.11 Å². The van der Waals surface area contributed by atoms with Crippen molar-refractivity contribution in [2.75, 3.05) is 0 Å². The van der Waals surface area contributed by atoms with E-state index in [0.717, 1.165) is 27.7 Å². The van der Waals surface area contributed by atoms with E-state index in [4.69, 9.17) is 0 Å². The van der Waals surface area contributed by atoms with Crippen LogP contribution in [0.2, 0.25) is 0 Å². The van der Waals surface area contributed by atoms with E-state index < -0.39 is 0 Å². The molecule has 2 aromatic carbocycles. The third-order valence-corrected chi connectivity index (χ3v) is 5.00. The van der Waals surface area contributed by atoms with Gasteiger partial charge in [-0.1, -0.05) is 42.0 Å². The molecule has 0 amide bonds. The van der Waals surface area contributed by atoms with E-state index in [9.17, 15) is 5.11 Å². The van der Waals surface area contributed by atoms with E-state index in [2.05, 4.69) is 15.2 Å². The Kier molecular flexibility index (Phi) is 4.26. The molecule has 0 bridgehead atoms. The smallest absolute Gasteiger partial charge is 0.230 e. The Morgan fingerprint density at radius 2 is 1.92 bits per heavy atom. The van der Waals surface area contributed by atoms with E-state index in [0.29, 0.717) is 17.4 Å². The molecule has 4 aromatic rings. The van der Waals surface area contributed by atoms with Gasteiger partial charge in [-0.2, -0.15) is 0 Å². The van der Waals surface area contributed by atoms with E-state index in [-0.39, 0.29) is 5.88 Å². The summed E-state index contributed by atoms with van der Waals surface area (Å²) in [5.41, 5.74) is 4.48. The quantitative estimate of drug-likeness (QED) is 0.438. The first-order valence-electron chi connectivity index (χ1n) is 8.42. The van der Waals surface area contributed by atoms with Crippen molar-refractivity contribution >= 4 is 33.1 Å². The van der Waals surface area contributed by atoms with Gasteiger partial charge in [0.15, 0.2) is 5.69 Å². The number of rotatable bonds is 4.